The predicted molar refractivity (Wildman–Crippen MR) is 91.9 cm³/mol. The zero-order valence-electron chi connectivity index (χ0n) is 14.2. The highest BCUT2D eigenvalue weighted by Crippen LogP contribution is 2.18. The van der Waals surface area contributed by atoms with Crippen molar-refractivity contribution in [3.63, 3.8) is 0 Å². The molecule has 7 heteroatoms. The third kappa shape index (κ3) is 4.11. The number of hydrogen-bond acceptors (Lipinski definition) is 5. The van der Waals surface area contributed by atoms with Crippen LogP contribution in [0, 0.1) is 0 Å². The lowest BCUT2D eigenvalue weighted by atomic mass is 10.2. The maximum atomic E-state index is 12.0. The van der Waals surface area contributed by atoms with E-state index in [0.717, 1.165) is 55.4 Å². The Morgan fingerprint density at radius 2 is 2.25 bits per heavy atom. The van der Waals surface area contributed by atoms with Crippen LogP contribution in [0.25, 0.3) is 11.0 Å². The van der Waals surface area contributed by atoms with Crippen LogP contribution in [0.4, 0.5) is 5.69 Å². The number of anilines is 1. The third-order valence-electron chi connectivity index (χ3n) is 4.06. The molecule has 130 valence electrons. The van der Waals surface area contributed by atoms with Crippen LogP contribution in [0.5, 0.6) is 0 Å². The Bertz CT molecular complexity index is 694. The lowest BCUT2D eigenvalue weighted by molar-refractivity contribution is -0.126. The molecule has 1 saturated heterocycles. The molecule has 1 amide bonds. The molecule has 2 N–H and O–H groups in total. The van der Waals surface area contributed by atoms with E-state index in [9.17, 15) is 4.79 Å². The normalized spacial score (nSPS) is 17.1. The first kappa shape index (κ1) is 16.9. The summed E-state index contributed by atoms with van der Waals surface area (Å²) in [6.07, 6.45) is -0.468. The molecule has 1 fully saturated rings. The Balaban J connectivity index is 1.68. The van der Waals surface area contributed by atoms with Gasteiger partial charge in [-0.1, -0.05) is 0 Å². The van der Waals surface area contributed by atoms with Crippen molar-refractivity contribution in [2.24, 2.45) is 0 Å². The molecular weight excluding hydrogens is 308 g/mol. The lowest BCUT2D eigenvalue weighted by Gasteiger charge is -2.25. The number of imidazole rings is 1. The van der Waals surface area contributed by atoms with Crippen molar-refractivity contribution in [2.75, 3.05) is 38.2 Å². The van der Waals surface area contributed by atoms with Gasteiger partial charge in [0.15, 0.2) is 0 Å². The molecule has 7 nitrogen and oxygen atoms in total. The number of H-pyrrole nitrogens is 1. The summed E-state index contributed by atoms with van der Waals surface area (Å²) in [5.74, 6) is 0.780. The maximum Gasteiger partial charge on any atom is 0.253 e. The molecule has 0 spiro atoms. The monoisotopic (exact) mass is 332 g/mol. The van der Waals surface area contributed by atoms with E-state index in [2.05, 4.69) is 20.2 Å². The van der Waals surface area contributed by atoms with E-state index in [0.29, 0.717) is 6.61 Å². The van der Waals surface area contributed by atoms with Crippen molar-refractivity contribution < 1.29 is 14.3 Å². The summed E-state index contributed by atoms with van der Waals surface area (Å²) < 4.78 is 10.7. The van der Waals surface area contributed by atoms with Gasteiger partial charge in [0, 0.05) is 25.4 Å². The smallest absolute Gasteiger partial charge is 0.253 e. The molecule has 0 saturated carbocycles. The van der Waals surface area contributed by atoms with Gasteiger partial charge in [-0.15, -0.1) is 0 Å². The van der Waals surface area contributed by atoms with E-state index < -0.39 is 6.10 Å². The first-order valence-corrected chi connectivity index (χ1v) is 8.37. The Labute approximate surface area is 141 Å². The standard InChI is InChI=1S/C17H24N4O3/c1-3-24-12(2)17(22)18-13-4-5-14-15(10-13)20-16(19-14)11-21-6-8-23-9-7-21/h4-5,10,12H,3,6-9,11H2,1-2H3,(H,18,22)(H,19,20)/t12-/m0/s1. The Hall–Kier alpha value is -1.96. The van der Waals surface area contributed by atoms with E-state index in [1.165, 1.54) is 0 Å². The fourth-order valence-corrected chi connectivity index (χ4v) is 2.76. The molecule has 1 aromatic heterocycles. The molecular formula is C17H24N4O3. The second-order valence-electron chi connectivity index (χ2n) is 5.89. The molecule has 1 atom stereocenters. The van der Waals surface area contributed by atoms with Gasteiger partial charge in [-0.3, -0.25) is 9.69 Å². The minimum atomic E-state index is -0.468. The fraction of sp³-hybridized carbons (Fsp3) is 0.529. The van der Waals surface area contributed by atoms with E-state index in [1.54, 1.807) is 6.92 Å². The van der Waals surface area contributed by atoms with Crippen molar-refractivity contribution in [1.82, 2.24) is 14.9 Å². The number of aromatic nitrogens is 2. The number of hydrogen-bond donors (Lipinski definition) is 2. The number of benzene rings is 1. The van der Waals surface area contributed by atoms with Crippen molar-refractivity contribution in [2.45, 2.75) is 26.5 Å². The molecule has 1 aliphatic rings. The SMILES string of the molecule is CCO[C@@H](C)C(=O)Nc1ccc2nc(CN3CCOCC3)[nH]c2c1. The highest BCUT2D eigenvalue weighted by atomic mass is 16.5. The number of rotatable bonds is 6. The van der Waals surface area contributed by atoms with Gasteiger partial charge in [0.2, 0.25) is 0 Å². The summed E-state index contributed by atoms with van der Waals surface area (Å²) in [4.78, 5) is 22.3. The van der Waals surface area contributed by atoms with Gasteiger partial charge in [0.1, 0.15) is 11.9 Å². The first-order valence-electron chi connectivity index (χ1n) is 8.37. The highest BCUT2D eigenvalue weighted by molar-refractivity contribution is 5.95. The fourth-order valence-electron chi connectivity index (χ4n) is 2.76. The molecule has 2 heterocycles. The van der Waals surface area contributed by atoms with Crippen LogP contribution in [0.3, 0.4) is 0 Å². The van der Waals surface area contributed by atoms with Gasteiger partial charge in [0.05, 0.1) is 30.8 Å². The molecule has 1 aliphatic heterocycles. The number of ether oxygens (including phenoxy) is 2. The van der Waals surface area contributed by atoms with Gasteiger partial charge < -0.3 is 19.8 Å². The molecule has 0 bridgehead atoms. The second-order valence-corrected chi connectivity index (χ2v) is 5.89. The van der Waals surface area contributed by atoms with Crippen LogP contribution in [-0.4, -0.2) is 59.8 Å². The number of nitrogens with one attached hydrogen (secondary N) is 2. The van der Waals surface area contributed by atoms with Crippen molar-refractivity contribution in [3.8, 4) is 0 Å². The highest BCUT2D eigenvalue weighted by Gasteiger charge is 2.15. The number of fused-ring (bicyclic) bond motifs is 1. The quantitative estimate of drug-likeness (QED) is 0.843. The third-order valence-corrected chi connectivity index (χ3v) is 4.06. The number of morpholine rings is 1. The van der Waals surface area contributed by atoms with Crippen LogP contribution in [0.1, 0.15) is 19.7 Å². The largest absolute Gasteiger partial charge is 0.379 e. The van der Waals surface area contributed by atoms with Gasteiger partial charge in [-0.2, -0.15) is 0 Å². The van der Waals surface area contributed by atoms with E-state index >= 15 is 0 Å². The zero-order chi connectivity index (χ0) is 16.9. The molecule has 3 rings (SSSR count). The molecule has 24 heavy (non-hydrogen) atoms. The lowest BCUT2D eigenvalue weighted by Crippen LogP contribution is -2.35. The summed E-state index contributed by atoms with van der Waals surface area (Å²) in [6, 6.07) is 5.68. The second kappa shape index (κ2) is 7.74. The molecule has 0 unspecified atom stereocenters. The van der Waals surface area contributed by atoms with Crippen LogP contribution in [-0.2, 0) is 20.8 Å². The average Bonchev–Trinajstić information content (AvgIpc) is 2.97. The molecule has 1 aromatic carbocycles. The minimum Gasteiger partial charge on any atom is -0.379 e. The van der Waals surface area contributed by atoms with Crippen molar-refractivity contribution in [3.05, 3.63) is 24.0 Å². The van der Waals surface area contributed by atoms with Crippen LogP contribution >= 0.6 is 0 Å². The number of aromatic amines is 1. The van der Waals surface area contributed by atoms with Gasteiger partial charge in [-0.25, -0.2) is 4.98 Å². The van der Waals surface area contributed by atoms with E-state index in [1.807, 2.05) is 25.1 Å². The Morgan fingerprint density at radius 1 is 1.46 bits per heavy atom. The topological polar surface area (TPSA) is 79.5 Å². The Morgan fingerprint density at radius 3 is 3.00 bits per heavy atom. The van der Waals surface area contributed by atoms with Crippen molar-refractivity contribution in [1.29, 1.82) is 0 Å². The summed E-state index contributed by atoms with van der Waals surface area (Å²) >= 11 is 0. The van der Waals surface area contributed by atoms with Crippen LogP contribution in [0.2, 0.25) is 0 Å². The maximum absolute atomic E-state index is 12.0. The van der Waals surface area contributed by atoms with Crippen LogP contribution in [0.15, 0.2) is 18.2 Å². The number of nitrogens with zero attached hydrogens (tertiary/aromatic N) is 2. The summed E-state index contributed by atoms with van der Waals surface area (Å²) in [6.45, 7) is 8.30. The molecule has 0 aliphatic carbocycles. The zero-order valence-corrected chi connectivity index (χ0v) is 14.2. The van der Waals surface area contributed by atoms with Gasteiger partial charge in [0.25, 0.3) is 5.91 Å². The summed E-state index contributed by atoms with van der Waals surface area (Å²) in [5, 5.41) is 2.87. The Kier molecular flexibility index (Phi) is 5.44. The van der Waals surface area contributed by atoms with E-state index in [-0.39, 0.29) is 5.91 Å². The average molecular weight is 332 g/mol. The summed E-state index contributed by atoms with van der Waals surface area (Å²) in [7, 11) is 0. The minimum absolute atomic E-state index is 0.149. The van der Waals surface area contributed by atoms with Gasteiger partial charge >= 0.3 is 0 Å². The number of amides is 1. The predicted octanol–water partition coefficient (Wildman–Crippen LogP) is 1.76. The number of carbonyl (C=O) groups is 1. The van der Waals surface area contributed by atoms with Gasteiger partial charge in [-0.05, 0) is 32.0 Å². The first-order chi connectivity index (χ1) is 11.7. The molecule has 0 radical (unpaired) electrons. The van der Waals surface area contributed by atoms with Crippen LogP contribution < -0.4 is 5.32 Å². The van der Waals surface area contributed by atoms with E-state index in [4.69, 9.17) is 9.47 Å². The molecule has 2 aromatic rings. The summed E-state index contributed by atoms with van der Waals surface area (Å²) in [5.41, 5.74) is 2.55. The van der Waals surface area contributed by atoms with Crippen molar-refractivity contribution >= 4 is 22.6 Å². The number of carbonyl (C=O) groups excluding carboxylic acids is 1.